The monoisotopic (exact) mass is 408 g/mol. The van der Waals surface area contributed by atoms with Crippen LogP contribution in [0.1, 0.15) is 58.8 Å². The fraction of sp³-hybridized carbons (Fsp3) is 1.00. The van der Waals surface area contributed by atoms with E-state index in [0.29, 0.717) is 25.2 Å². The Morgan fingerprint density at radius 2 is 1.58 bits per heavy atom. The highest BCUT2D eigenvalue weighted by Gasteiger charge is 2.65. The number of fused-ring (bicyclic) bond motifs is 2. The molecule has 9 heteroatoms. The summed E-state index contributed by atoms with van der Waals surface area (Å²) in [6.45, 7) is 4.15. The molecular weight excluding hydrogens is 376 g/mol. The number of aliphatic hydroxyl groups excluding tert-OH is 1. The standard InChI is InChI=1S/C17H32N2O5S2/c1-16(2)12-8-9-17(16,15(20)10-12)11-26(23,24)19-14-7-5-4-6-13(14)18-25(3,21)22/h12-15,18-20H,4-11H2,1-3H3/t12?,13-,14-,15?,17?/m1/s1. The van der Waals surface area contributed by atoms with Crippen LogP contribution in [0.25, 0.3) is 0 Å². The summed E-state index contributed by atoms with van der Waals surface area (Å²) in [6.07, 6.45) is 5.86. The maximum absolute atomic E-state index is 13.0. The van der Waals surface area contributed by atoms with Gasteiger partial charge in [-0.05, 0) is 43.4 Å². The van der Waals surface area contributed by atoms with Crippen LogP contribution in [-0.2, 0) is 20.0 Å². The van der Waals surface area contributed by atoms with E-state index in [1.54, 1.807) is 0 Å². The molecule has 3 aliphatic rings. The topological polar surface area (TPSA) is 113 Å². The molecule has 0 amide bonds. The number of hydrogen-bond acceptors (Lipinski definition) is 5. The average Bonchev–Trinajstić information content (AvgIpc) is 2.81. The van der Waals surface area contributed by atoms with Gasteiger partial charge in [0.05, 0.1) is 18.1 Å². The average molecular weight is 409 g/mol. The van der Waals surface area contributed by atoms with Gasteiger partial charge < -0.3 is 5.11 Å². The van der Waals surface area contributed by atoms with E-state index in [1.807, 2.05) is 0 Å². The number of rotatable bonds is 6. The molecule has 152 valence electrons. The van der Waals surface area contributed by atoms with Gasteiger partial charge in [0.1, 0.15) is 0 Å². The minimum absolute atomic E-state index is 0.0905. The zero-order valence-corrected chi connectivity index (χ0v) is 17.5. The van der Waals surface area contributed by atoms with Gasteiger partial charge in [-0.15, -0.1) is 0 Å². The molecule has 0 aromatic carbocycles. The van der Waals surface area contributed by atoms with Crippen LogP contribution in [0, 0.1) is 16.7 Å². The Morgan fingerprint density at radius 3 is 2.04 bits per heavy atom. The van der Waals surface area contributed by atoms with E-state index < -0.39 is 43.6 Å². The van der Waals surface area contributed by atoms with Gasteiger partial charge in [-0.25, -0.2) is 26.3 Å². The largest absolute Gasteiger partial charge is 0.392 e. The Hall–Kier alpha value is -0.220. The highest BCUT2D eigenvalue weighted by atomic mass is 32.2. The van der Waals surface area contributed by atoms with Crippen LogP contribution in [0.5, 0.6) is 0 Å². The summed E-state index contributed by atoms with van der Waals surface area (Å²) in [5.41, 5.74) is -0.823. The van der Waals surface area contributed by atoms with Crippen molar-refractivity contribution >= 4 is 20.0 Å². The summed E-state index contributed by atoms with van der Waals surface area (Å²) in [7, 11) is -7.04. The van der Waals surface area contributed by atoms with Gasteiger partial charge in [0.15, 0.2) is 0 Å². The lowest BCUT2D eigenvalue weighted by atomic mass is 9.70. The van der Waals surface area contributed by atoms with Crippen LogP contribution in [0.2, 0.25) is 0 Å². The summed E-state index contributed by atoms with van der Waals surface area (Å²) in [6, 6.07) is -0.845. The summed E-state index contributed by atoms with van der Waals surface area (Å²) in [4.78, 5) is 0. The molecule has 0 spiro atoms. The van der Waals surface area contributed by atoms with E-state index in [0.717, 1.165) is 31.9 Å². The van der Waals surface area contributed by atoms with Crippen molar-refractivity contribution in [2.24, 2.45) is 16.7 Å². The molecule has 3 saturated carbocycles. The van der Waals surface area contributed by atoms with E-state index in [1.165, 1.54) is 0 Å². The van der Waals surface area contributed by atoms with Crippen LogP contribution >= 0.6 is 0 Å². The Labute approximate surface area is 157 Å². The van der Waals surface area contributed by atoms with Crippen molar-refractivity contribution < 1.29 is 21.9 Å². The predicted molar refractivity (Wildman–Crippen MR) is 101 cm³/mol. The third-order valence-electron chi connectivity index (χ3n) is 7.30. The molecule has 0 radical (unpaired) electrons. The van der Waals surface area contributed by atoms with E-state index in [4.69, 9.17) is 0 Å². The lowest BCUT2D eigenvalue weighted by Gasteiger charge is -2.41. The maximum Gasteiger partial charge on any atom is 0.212 e. The molecule has 7 nitrogen and oxygen atoms in total. The Morgan fingerprint density at radius 1 is 1.00 bits per heavy atom. The first-order valence-corrected chi connectivity index (χ1v) is 13.1. The molecule has 3 unspecified atom stereocenters. The summed E-state index contributed by atoms with van der Waals surface area (Å²) in [5.74, 6) is 0.272. The van der Waals surface area contributed by atoms with Crippen molar-refractivity contribution in [1.82, 2.24) is 9.44 Å². The molecule has 3 fully saturated rings. The minimum Gasteiger partial charge on any atom is -0.392 e. The molecule has 0 heterocycles. The highest BCUT2D eigenvalue weighted by molar-refractivity contribution is 7.89. The second-order valence-corrected chi connectivity index (χ2v) is 12.7. The summed E-state index contributed by atoms with van der Waals surface area (Å²) in [5, 5.41) is 10.6. The lowest BCUT2D eigenvalue weighted by Crippen LogP contribution is -2.55. The van der Waals surface area contributed by atoms with E-state index in [9.17, 15) is 21.9 Å². The van der Waals surface area contributed by atoms with Crippen LogP contribution in [0.4, 0.5) is 0 Å². The minimum atomic E-state index is -3.65. The molecule has 0 aromatic rings. The Balaban J connectivity index is 1.76. The van der Waals surface area contributed by atoms with Gasteiger partial charge >= 0.3 is 0 Å². The quantitative estimate of drug-likeness (QED) is 0.606. The van der Waals surface area contributed by atoms with E-state index in [-0.39, 0.29) is 11.2 Å². The molecule has 3 N–H and O–H groups in total. The molecule has 3 aliphatic carbocycles. The highest BCUT2D eigenvalue weighted by Crippen LogP contribution is 2.66. The van der Waals surface area contributed by atoms with Crippen LogP contribution in [0.15, 0.2) is 0 Å². The SMILES string of the molecule is CC1(C)C2CCC1(CS(=O)(=O)N[C@@H]1CCCC[C@H]1NS(C)(=O)=O)C(O)C2. The van der Waals surface area contributed by atoms with Crippen LogP contribution in [-0.4, -0.2) is 52.1 Å². The molecule has 0 saturated heterocycles. The zero-order chi connectivity index (χ0) is 19.4. The normalized spacial score (nSPS) is 40.0. The van der Waals surface area contributed by atoms with E-state index >= 15 is 0 Å². The molecular formula is C17H32N2O5S2. The summed E-state index contributed by atoms with van der Waals surface area (Å²) < 4.78 is 54.5. The Bertz CT molecular complexity index is 749. The first kappa shape index (κ1) is 20.5. The van der Waals surface area contributed by atoms with Crippen molar-refractivity contribution in [3.63, 3.8) is 0 Å². The van der Waals surface area contributed by atoms with Gasteiger partial charge in [0.2, 0.25) is 20.0 Å². The van der Waals surface area contributed by atoms with Gasteiger partial charge in [-0.2, -0.15) is 0 Å². The van der Waals surface area contributed by atoms with Gasteiger partial charge in [-0.1, -0.05) is 26.7 Å². The maximum atomic E-state index is 13.0. The number of hydrogen-bond donors (Lipinski definition) is 3. The smallest absolute Gasteiger partial charge is 0.212 e. The molecule has 0 aliphatic heterocycles. The van der Waals surface area contributed by atoms with Crippen LogP contribution in [0.3, 0.4) is 0 Å². The van der Waals surface area contributed by atoms with Gasteiger partial charge in [0, 0.05) is 17.5 Å². The Kier molecular flexibility index (Phi) is 5.27. The molecule has 26 heavy (non-hydrogen) atoms. The van der Waals surface area contributed by atoms with Gasteiger partial charge in [0.25, 0.3) is 0 Å². The number of sulfonamides is 2. The predicted octanol–water partition coefficient (Wildman–Crippen LogP) is 0.953. The van der Waals surface area contributed by atoms with Crippen molar-refractivity contribution in [2.45, 2.75) is 77.0 Å². The first-order valence-electron chi connectivity index (χ1n) is 9.52. The van der Waals surface area contributed by atoms with Crippen molar-refractivity contribution in [3.05, 3.63) is 0 Å². The first-order chi connectivity index (χ1) is 11.9. The molecule has 5 atom stereocenters. The van der Waals surface area contributed by atoms with E-state index in [2.05, 4.69) is 23.3 Å². The summed E-state index contributed by atoms with van der Waals surface area (Å²) >= 11 is 0. The van der Waals surface area contributed by atoms with Crippen molar-refractivity contribution in [3.8, 4) is 0 Å². The zero-order valence-electron chi connectivity index (χ0n) is 15.9. The third kappa shape index (κ3) is 3.70. The fourth-order valence-electron chi connectivity index (χ4n) is 5.68. The fourth-order valence-corrected chi connectivity index (χ4v) is 8.72. The molecule has 2 bridgehead atoms. The molecule has 3 rings (SSSR count). The van der Waals surface area contributed by atoms with Crippen molar-refractivity contribution in [2.75, 3.05) is 12.0 Å². The van der Waals surface area contributed by atoms with Crippen molar-refractivity contribution in [1.29, 1.82) is 0 Å². The third-order valence-corrected chi connectivity index (χ3v) is 9.59. The second-order valence-electron chi connectivity index (χ2n) is 9.13. The van der Waals surface area contributed by atoms with Gasteiger partial charge in [-0.3, -0.25) is 0 Å². The number of nitrogens with one attached hydrogen (secondary N) is 2. The lowest BCUT2D eigenvalue weighted by molar-refractivity contribution is 0.0151. The second kappa shape index (κ2) is 6.69. The number of aliphatic hydroxyl groups is 1. The molecule has 0 aromatic heterocycles. The van der Waals surface area contributed by atoms with Crippen LogP contribution < -0.4 is 9.44 Å².